The molecule has 2 fully saturated rings. The smallest absolute Gasteiger partial charge is 0.221 e. The molecule has 2 N–H and O–H groups in total. The van der Waals surface area contributed by atoms with Crippen LogP contribution >= 0.6 is 0 Å². The number of fused-ring (bicyclic) bond motifs is 2. The van der Waals surface area contributed by atoms with Crippen LogP contribution in [0.2, 0.25) is 0 Å². The van der Waals surface area contributed by atoms with Crippen molar-refractivity contribution in [2.45, 2.75) is 45.6 Å². The molecule has 0 spiro atoms. The van der Waals surface area contributed by atoms with Gasteiger partial charge in [-0.1, -0.05) is 12.5 Å². The average Bonchev–Trinajstić information content (AvgIpc) is 2.95. The molecular weight excluding hydrogens is 236 g/mol. The number of hydrogen-bond acceptors (Lipinski definition) is 2. The Morgan fingerprint density at radius 3 is 2.74 bits per heavy atom. The third-order valence-corrected chi connectivity index (χ3v) is 4.64. The highest BCUT2D eigenvalue weighted by Gasteiger charge is 2.39. The summed E-state index contributed by atoms with van der Waals surface area (Å²) in [5.74, 6) is 1.79. The Morgan fingerprint density at radius 1 is 1.26 bits per heavy atom. The molecule has 1 amide bonds. The monoisotopic (exact) mass is 258 g/mol. The van der Waals surface area contributed by atoms with Crippen molar-refractivity contribution in [1.82, 2.24) is 0 Å². The van der Waals surface area contributed by atoms with Gasteiger partial charge in [-0.2, -0.15) is 0 Å². The molecule has 19 heavy (non-hydrogen) atoms. The van der Waals surface area contributed by atoms with Gasteiger partial charge >= 0.3 is 0 Å². The molecular formula is C16H22N2O. The van der Waals surface area contributed by atoms with Gasteiger partial charge in [0.15, 0.2) is 0 Å². The first-order chi connectivity index (χ1) is 9.11. The largest absolute Gasteiger partial charge is 0.382 e. The minimum atomic E-state index is -0.0137. The van der Waals surface area contributed by atoms with Crippen molar-refractivity contribution in [2.75, 3.05) is 10.6 Å². The summed E-state index contributed by atoms with van der Waals surface area (Å²) in [6.45, 7) is 3.57. The van der Waals surface area contributed by atoms with E-state index in [-0.39, 0.29) is 5.91 Å². The Morgan fingerprint density at radius 2 is 2.11 bits per heavy atom. The van der Waals surface area contributed by atoms with E-state index in [0.29, 0.717) is 6.04 Å². The Bertz CT molecular complexity index is 498. The van der Waals surface area contributed by atoms with Crippen LogP contribution < -0.4 is 10.6 Å². The Labute approximate surface area is 114 Å². The standard InChI is InChI=1S/C16H22N2O/c1-10-3-6-14(9-15(10)17-11(2)19)18-16-8-12-4-5-13(16)7-12/h3,6,9,12-13,16,18H,4-5,7-8H2,1-2H3,(H,17,19). The number of anilines is 2. The predicted molar refractivity (Wildman–Crippen MR) is 78.3 cm³/mol. The zero-order valence-electron chi connectivity index (χ0n) is 11.7. The molecule has 1 aromatic rings. The summed E-state index contributed by atoms with van der Waals surface area (Å²) in [4.78, 5) is 11.2. The first-order valence-electron chi connectivity index (χ1n) is 7.26. The lowest BCUT2D eigenvalue weighted by molar-refractivity contribution is -0.114. The molecule has 1 aromatic carbocycles. The second kappa shape index (κ2) is 4.87. The minimum absolute atomic E-state index is 0.0137. The molecule has 3 nitrogen and oxygen atoms in total. The second-order valence-electron chi connectivity index (χ2n) is 6.14. The third kappa shape index (κ3) is 2.60. The summed E-state index contributed by atoms with van der Waals surface area (Å²) >= 11 is 0. The van der Waals surface area contributed by atoms with Gasteiger partial charge in [0.2, 0.25) is 5.91 Å². The first-order valence-corrected chi connectivity index (χ1v) is 7.26. The molecule has 0 saturated heterocycles. The summed E-state index contributed by atoms with van der Waals surface area (Å²) < 4.78 is 0. The van der Waals surface area contributed by atoms with E-state index in [1.165, 1.54) is 25.7 Å². The van der Waals surface area contributed by atoms with Gasteiger partial charge in [-0.25, -0.2) is 0 Å². The number of carbonyl (C=O) groups excluding carboxylic acids is 1. The highest BCUT2D eigenvalue weighted by Crippen LogP contribution is 2.45. The lowest BCUT2D eigenvalue weighted by Crippen LogP contribution is -2.25. The molecule has 2 saturated carbocycles. The van der Waals surface area contributed by atoms with Crippen LogP contribution in [0.25, 0.3) is 0 Å². The van der Waals surface area contributed by atoms with Crippen molar-refractivity contribution in [3.63, 3.8) is 0 Å². The quantitative estimate of drug-likeness (QED) is 0.870. The molecule has 2 aliphatic rings. The van der Waals surface area contributed by atoms with E-state index in [0.717, 1.165) is 28.8 Å². The third-order valence-electron chi connectivity index (χ3n) is 4.64. The van der Waals surface area contributed by atoms with E-state index in [4.69, 9.17) is 0 Å². The first kappa shape index (κ1) is 12.5. The van der Waals surface area contributed by atoms with Crippen LogP contribution in [-0.4, -0.2) is 11.9 Å². The van der Waals surface area contributed by atoms with Crippen LogP contribution in [0.15, 0.2) is 18.2 Å². The zero-order valence-corrected chi connectivity index (χ0v) is 11.7. The molecule has 102 valence electrons. The van der Waals surface area contributed by atoms with Crippen molar-refractivity contribution in [2.24, 2.45) is 11.8 Å². The van der Waals surface area contributed by atoms with E-state index in [1.807, 2.05) is 6.92 Å². The van der Waals surface area contributed by atoms with Crippen LogP contribution in [0.4, 0.5) is 11.4 Å². The maximum atomic E-state index is 11.2. The van der Waals surface area contributed by atoms with Gasteiger partial charge in [-0.05, 0) is 55.7 Å². The highest BCUT2D eigenvalue weighted by molar-refractivity contribution is 5.90. The van der Waals surface area contributed by atoms with E-state index in [1.54, 1.807) is 6.92 Å². The van der Waals surface area contributed by atoms with Crippen LogP contribution in [0.1, 0.15) is 38.2 Å². The van der Waals surface area contributed by atoms with Crippen molar-refractivity contribution in [3.05, 3.63) is 23.8 Å². The number of nitrogens with one attached hydrogen (secondary N) is 2. The Kier molecular flexibility index (Phi) is 3.21. The molecule has 0 heterocycles. The van der Waals surface area contributed by atoms with Crippen molar-refractivity contribution in [3.8, 4) is 0 Å². The fourth-order valence-electron chi connectivity index (χ4n) is 3.67. The Balaban J connectivity index is 1.72. The lowest BCUT2D eigenvalue weighted by atomic mass is 9.95. The van der Waals surface area contributed by atoms with Gasteiger partial charge in [-0.3, -0.25) is 4.79 Å². The molecule has 3 rings (SSSR count). The van der Waals surface area contributed by atoms with Gasteiger partial charge in [-0.15, -0.1) is 0 Å². The molecule has 0 aromatic heterocycles. The zero-order chi connectivity index (χ0) is 13.4. The highest BCUT2D eigenvalue weighted by atomic mass is 16.1. The Hall–Kier alpha value is -1.51. The van der Waals surface area contributed by atoms with E-state index >= 15 is 0 Å². The molecule has 3 atom stereocenters. The summed E-state index contributed by atoms with van der Waals surface area (Å²) in [5, 5.41) is 6.56. The summed E-state index contributed by atoms with van der Waals surface area (Å²) in [7, 11) is 0. The van der Waals surface area contributed by atoms with Gasteiger partial charge in [0.1, 0.15) is 0 Å². The number of carbonyl (C=O) groups is 1. The second-order valence-corrected chi connectivity index (χ2v) is 6.14. The minimum Gasteiger partial charge on any atom is -0.382 e. The summed E-state index contributed by atoms with van der Waals surface area (Å²) in [6.07, 6.45) is 5.52. The van der Waals surface area contributed by atoms with E-state index < -0.39 is 0 Å². The van der Waals surface area contributed by atoms with Gasteiger partial charge < -0.3 is 10.6 Å². The van der Waals surface area contributed by atoms with Gasteiger partial charge in [0.25, 0.3) is 0 Å². The fraction of sp³-hybridized carbons (Fsp3) is 0.562. The number of amides is 1. The number of aryl methyl sites for hydroxylation is 1. The van der Waals surface area contributed by atoms with E-state index in [2.05, 4.69) is 28.8 Å². The van der Waals surface area contributed by atoms with Crippen LogP contribution in [0.3, 0.4) is 0 Å². The number of hydrogen-bond donors (Lipinski definition) is 2. The topological polar surface area (TPSA) is 41.1 Å². The number of rotatable bonds is 3. The van der Waals surface area contributed by atoms with Gasteiger partial charge in [0, 0.05) is 24.3 Å². The maximum Gasteiger partial charge on any atom is 0.221 e. The molecule has 2 aliphatic carbocycles. The molecule has 2 bridgehead atoms. The van der Waals surface area contributed by atoms with Crippen molar-refractivity contribution >= 4 is 17.3 Å². The molecule has 3 unspecified atom stereocenters. The maximum absolute atomic E-state index is 11.2. The summed E-state index contributed by atoms with van der Waals surface area (Å²) in [6, 6.07) is 6.88. The molecule has 3 heteroatoms. The SMILES string of the molecule is CC(=O)Nc1cc(NC2CC3CCC2C3)ccc1C. The predicted octanol–water partition coefficient (Wildman–Crippen LogP) is 3.55. The average molecular weight is 258 g/mol. The summed E-state index contributed by atoms with van der Waals surface area (Å²) in [5.41, 5.74) is 3.15. The molecule has 0 aliphatic heterocycles. The molecule has 0 radical (unpaired) electrons. The van der Waals surface area contributed by atoms with Crippen molar-refractivity contribution in [1.29, 1.82) is 0 Å². The van der Waals surface area contributed by atoms with Crippen LogP contribution in [-0.2, 0) is 4.79 Å². The van der Waals surface area contributed by atoms with Gasteiger partial charge in [0.05, 0.1) is 0 Å². The van der Waals surface area contributed by atoms with Crippen molar-refractivity contribution < 1.29 is 4.79 Å². The fourth-order valence-corrected chi connectivity index (χ4v) is 3.67. The van der Waals surface area contributed by atoms with Crippen LogP contribution in [0.5, 0.6) is 0 Å². The van der Waals surface area contributed by atoms with E-state index in [9.17, 15) is 4.79 Å². The van der Waals surface area contributed by atoms with Crippen LogP contribution in [0, 0.1) is 18.8 Å². The number of benzene rings is 1. The lowest BCUT2D eigenvalue weighted by Gasteiger charge is -2.24. The normalized spacial score (nSPS) is 28.4.